The Morgan fingerprint density at radius 1 is 1.42 bits per heavy atom. The van der Waals surface area contributed by atoms with Gasteiger partial charge in [0.05, 0.1) is 16.9 Å². The lowest BCUT2D eigenvalue weighted by atomic mass is 10.3. The van der Waals surface area contributed by atoms with Crippen LogP contribution in [0.25, 0.3) is 0 Å². The van der Waals surface area contributed by atoms with Gasteiger partial charge < -0.3 is 5.11 Å². The highest BCUT2D eigenvalue weighted by molar-refractivity contribution is 7.99. The van der Waals surface area contributed by atoms with Gasteiger partial charge in [0.2, 0.25) is 0 Å². The SMILES string of the molecule is CCn1ncc(Cl)c1C(O)CSc1ccc(F)cc1. The molecule has 1 N–H and O–H groups in total. The molecule has 1 aromatic carbocycles. The van der Waals surface area contributed by atoms with Crippen LogP contribution >= 0.6 is 23.4 Å². The van der Waals surface area contributed by atoms with Crippen LogP contribution in [0.4, 0.5) is 4.39 Å². The summed E-state index contributed by atoms with van der Waals surface area (Å²) in [4.78, 5) is 0.902. The first kappa shape index (κ1) is 14.4. The van der Waals surface area contributed by atoms with Gasteiger partial charge in [-0.1, -0.05) is 11.6 Å². The van der Waals surface area contributed by atoms with Gasteiger partial charge >= 0.3 is 0 Å². The monoisotopic (exact) mass is 300 g/mol. The summed E-state index contributed by atoms with van der Waals surface area (Å²) in [6, 6.07) is 6.17. The summed E-state index contributed by atoms with van der Waals surface area (Å²) in [6.45, 7) is 2.59. The Kier molecular flexibility index (Phi) is 4.85. The maximum absolute atomic E-state index is 12.8. The van der Waals surface area contributed by atoms with Gasteiger partial charge in [-0.3, -0.25) is 4.68 Å². The van der Waals surface area contributed by atoms with E-state index in [-0.39, 0.29) is 5.82 Å². The van der Waals surface area contributed by atoms with E-state index in [1.165, 1.54) is 30.1 Å². The van der Waals surface area contributed by atoms with Crippen molar-refractivity contribution in [3.63, 3.8) is 0 Å². The molecule has 6 heteroatoms. The van der Waals surface area contributed by atoms with Crippen LogP contribution in [0.3, 0.4) is 0 Å². The molecule has 3 nitrogen and oxygen atoms in total. The topological polar surface area (TPSA) is 38.0 Å². The van der Waals surface area contributed by atoms with E-state index in [9.17, 15) is 9.50 Å². The number of thioether (sulfide) groups is 1. The summed E-state index contributed by atoms with van der Waals surface area (Å²) in [7, 11) is 0. The lowest BCUT2D eigenvalue weighted by molar-refractivity contribution is 0.192. The molecule has 0 aliphatic rings. The normalized spacial score (nSPS) is 12.6. The number of aryl methyl sites for hydroxylation is 1. The first-order valence-electron chi connectivity index (χ1n) is 5.89. The number of benzene rings is 1. The molecular formula is C13H14ClFN2OS. The van der Waals surface area contributed by atoms with E-state index >= 15 is 0 Å². The second-order valence-corrected chi connectivity index (χ2v) is 5.47. The predicted octanol–water partition coefficient (Wildman–Crippen LogP) is 3.52. The van der Waals surface area contributed by atoms with Gasteiger partial charge in [0.1, 0.15) is 11.9 Å². The van der Waals surface area contributed by atoms with Crippen LogP contribution in [0.5, 0.6) is 0 Å². The Labute approximate surface area is 120 Å². The van der Waals surface area contributed by atoms with Gasteiger partial charge in [-0.05, 0) is 31.2 Å². The molecule has 0 radical (unpaired) electrons. The molecule has 0 bridgehead atoms. The minimum atomic E-state index is -0.704. The van der Waals surface area contributed by atoms with Crippen molar-refractivity contribution in [2.24, 2.45) is 0 Å². The minimum Gasteiger partial charge on any atom is -0.386 e. The Bertz CT molecular complexity index is 544. The number of aliphatic hydroxyl groups excluding tert-OH is 1. The molecule has 0 saturated heterocycles. The van der Waals surface area contributed by atoms with E-state index in [2.05, 4.69) is 5.10 Å². The van der Waals surface area contributed by atoms with Crippen molar-refractivity contribution in [1.82, 2.24) is 9.78 Å². The molecule has 2 rings (SSSR count). The lowest BCUT2D eigenvalue weighted by Crippen LogP contribution is -2.10. The second-order valence-electron chi connectivity index (χ2n) is 3.97. The molecule has 1 heterocycles. The fraction of sp³-hybridized carbons (Fsp3) is 0.308. The number of hydrogen-bond acceptors (Lipinski definition) is 3. The molecule has 0 spiro atoms. The van der Waals surface area contributed by atoms with Crippen LogP contribution in [0.1, 0.15) is 18.7 Å². The van der Waals surface area contributed by atoms with Crippen LogP contribution < -0.4 is 0 Å². The maximum atomic E-state index is 12.8. The van der Waals surface area contributed by atoms with E-state index in [0.29, 0.717) is 23.0 Å². The number of aliphatic hydroxyl groups is 1. The van der Waals surface area contributed by atoms with Crippen molar-refractivity contribution in [3.8, 4) is 0 Å². The van der Waals surface area contributed by atoms with Gasteiger partial charge in [-0.15, -0.1) is 11.8 Å². The van der Waals surface area contributed by atoms with Crippen molar-refractivity contribution in [3.05, 3.63) is 47.0 Å². The number of aromatic nitrogens is 2. The average molecular weight is 301 g/mol. The van der Waals surface area contributed by atoms with Crippen molar-refractivity contribution in [1.29, 1.82) is 0 Å². The van der Waals surface area contributed by atoms with Crippen molar-refractivity contribution >= 4 is 23.4 Å². The summed E-state index contributed by atoms with van der Waals surface area (Å²) in [5.41, 5.74) is 0.624. The third-order valence-electron chi connectivity index (χ3n) is 2.67. The first-order chi connectivity index (χ1) is 9.11. The van der Waals surface area contributed by atoms with E-state index in [1.54, 1.807) is 16.8 Å². The van der Waals surface area contributed by atoms with Gasteiger partial charge in [-0.2, -0.15) is 5.10 Å². The molecule has 1 atom stereocenters. The second kappa shape index (κ2) is 6.41. The quantitative estimate of drug-likeness (QED) is 0.859. The molecule has 0 saturated carbocycles. The van der Waals surface area contributed by atoms with E-state index in [1.807, 2.05) is 6.92 Å². The minimum absolute atomic E-state index is 0.267. The zero-order valence-electron chi connectivity index (χ0n) is 10.4. The maximum Gasteiger partial charge on any atom is 0.123 e. The molecular weight excluding hydrogens is 287 g/mol. The largest absolute Gasteiger partial charge is 0.386 e. The Morgan fingerprint density at radius 3 is 2.74 bits per heavy atom. The Morgan fingerprint density at radius 2 is 2.11 bits per heavy atom. The van der Waals surface area contributed by atoms with E-state index < -0.39 is 6.10 Å². The fourth-order valence-corrected chi connectivity index (χ4v) is 2.84. The van der Waals surface area contributed by atoms with E-state index in [4.69, 9.17) is 11.6 Å². The average Bonchev–Trinajstić information content (AvgIpc) is 2.79. The van der Waals surface area contributed by atoms with Gasteiger partial charge in [0.15, 0.2) is 0 Å². The lowest BCUT2D eigenvalue weighted by Gasteiger charge is -2.12. The van der Waals surface area contributed by atoms with Gasteiger partial charge in [0.25, 0.3) is 0 Å². The zero-order chi connectivity index (χ0) is 13.8. The summed E-state index contributed by atoms with van der Waals surface area (Å²) >= 11 is 7.47. The van der Waals surface area contributed by atoms with Crippen LogP contribution in [0, 0.1) is 5.82 Å². The van der Waals surface area contributed by atoms with Crippen molar-refractivity contribution < 1.29 is 9.50 Å². The summed E-state index contributed by atoms with van der Waals surface area (Å²) in [5.74, 6) is 0.175. The highest BCUT2D eigenvalue weighted by Gasteiger charge is 2.17. The molecule has 1 aromatic heterocycles. The van der Waals surface area contributed by atoms with Crippen LogP contribution in [0.2, 0.25) is 5.02 Å². The highest BCUT2D eigenvalue weighted by Crippen LogP contribution is 2.28. The van der Waals surface area contributed by atoms with Crippen molar-refractivity contribution in [2.45, 2.75) is 24.5 Å². The zero-order valence-corrected chi connectivity index (χ0v) is 12.0. The number of rotatable bonds is 5. The summed E-state index contributed by atoms with van der Waals surface area (Å²) < 4.78 is 14.5. The number of hydrogen-bond donors (Lipinski definition) is 1. The third kappa shape index (κ3) is 3.49. The summed E-state index contributed by atoms with van der Waals surface area (Å²) in [6.07, 6.45) is 0.830. The van der Waals surface area contributed by atoms with Gasteiger partial charge in [-0.25, -0.2) is 4.39 Å². The van der Waals surface area contributed by atoms with Crippen LogP contribution in [-0.2, 0) is 6.54 Å². The number of nitrogens with zero attached hydrogens (tertiary/aromatic N) is 2. The molecule has 19 heavy (non-hydrogen) atoms. The van der Waals surface area contributed by atoms with E-state index in [0.717, 1.165) is 4.90 Å². The van der Waals surface area contributed by atoms with Gasteiger partial charge in [0, 0.05) is 17.2 Å². The first-order valence-corrected chi connectivity index (χ1v) is 7.25. The highest BCUT2D eigenvalue weighted by atomic mass is 35.5. The Hall–Kier alpha value is -1.04. The molecule has 102 valence electrons. The molecule has 0 amide bonds. The summed E-state index contributed by atoms with van der Waals surface area (Å²) in [5, 5.41) is 14.7. The smallest absolute Gasteiger partial charge is 0.123 e. The third-order valence-corrected chi connectivity index (χ3v) is 4.05. The molecule has 0 fully saturated rings. The fourth-order valence-electron chi connectivity index (χ4n) is 1.74. The molecule has 2 aromatic rings. The molecule has 0 aliphatic heterocycles. The van der Waals surface area contributed by atoms with Crippen LogP contribution in [0.15, 0.2) is 35.4 Å². The standard InChI is InChI=1S/C13H14ClFN2OS/c1-2-17-13(11(14)7-16-17)12(18)8-19-10-5-3-9(15)4-6-10/h3-7,12,18H,2,8H2,1H3. The molecule has 0 aliphatic carbocycles. The van der Waals surface area contributed by atoms with Crippen molar-refractivity contribution in [2.75, 3.05) is 5.75 Å². The predicted molar refractivity (Wildman–Crippen MR) is 75.0 cm³/mol. The number of halogens is 2. The van der Waals surface area contributed by atoms with Crippen LogP contribution in [-0.4, -0.2) is 20.6 Å². The molecule has 1 unspecified atom stereocenters. The Balaban J connectivity index is 2.03.